The lowest BCUT2D eigenvalue weighted by molar-refractivity contribution is -0.138. The van der Waals surface area contributed by atoms with E-state index in [0.29, 0.717) is 18.1 Å². The summed E-state index contributed by atoms with van der Waals surface area (Å²) in [5.41, 5.74) is -0.0489. The number of methoxy groups -OCH3 is 1. The van der Waals surface area contributed by atoms with E-state index in [-0.39, 0.29) is 5.60 Å². The second-order valence-corrected chi connectivity index (χ2v) is 4.51. The molecule has 0 atom stereocenters. The third-order valence-electron chi connectivity index (χ3n) is 3.75. The van der Waals surface area contributed by atoms with E-state index in [0.717, 1.165) is 25.7 Å². The van der Waals surface area contributed by atoms with Crippen LogP contribution in [0.3, 0.4) is 0 Å². The lowest BCUT2D eigenvalue weighted by atomic mass is 9.72. The van der Waals surface area contributed by atoms with Crippen LogP contribution >= 0.6 is 0 Å². The maximum atomic E-state index is 11.7. The van der Waals surface area contributed by atoms with Gasteiger partial charge in [-0.2, -0.15) is 0 Å². The Bertz CT molecular complexity index is 197. The molecule has 2 aliphatic carbocycles. The van der Waals surface area contributed by atoms with E-state index in [2.05, 4.69) is 0 Å². The maximum absolute atomic E-state index is 11.7. The molecular formula is C11H18O2. The summed E-state index contributed by atoms with van der Waals surface area (Å²) in [7, 11) is 1.74. The molecule has 74 valence electrons. The van der Waals surface area contributed by atoms with Crippen molar-refractivity contribution in [3.05, 3.63) is 0 Å². The second-order valence-electron chi connectivity index (χ2n) is 4.51. The number of ketones is 1. The zero-order valence-electron chi connectivity index (χ0n) is 8.34. The van der Waals surface area contributed by atoms with Crippen molar-refractivity contribution in [2.24, 2.45) is 5.92 Å². The minimum atomic E-state index is -0.0489. The van der Waals surface area contributed by atoms with Gasteiger partial charge in [0, 0.05) is 19.4 Å². The topological polar surface area (TPSA) is 26.3 Å². The molecule has 0 heterocycles. The van der Waals surface area contributed by atoms with Gasteiger partial charge < -0.3 is 4.74 Å². The summed E-state index contributed by atoms with van der Waals surface area (Å²) in [5, 5.41) is 0. The molecule has 0 aromatic carbocycles. The molecule has 0 aliphatic heterocycles. The number of rotatable bonds is 4. The summed E-state index contributed by atoms with van der Waals surface area (Å²) in [4.78, 5) is 11.7. The molecule has 0 spiro atoms. The van der Waals surface area contributed by atoms with Crippen molar-refractivity contribution in [3.8, 4) is 0 Å². The van der Waals surface area contributed by atoms with Gasteiger partial charge in [-0.05, 0) is 32.1 Å². The molecule has 0 unspecified atom stereocenters. The predicted molar refractivity (Wildman–Crippen MR) is 50.6 cm³/mol. The Labute approximate surface area is 79.7 Å². The highest BCUT2D eigenvalue weighted by Gasteiger charge is 2.41. The van der Waals surface area contributed by atoms with Gasteiger partial charge in [-0.25, -0.2) is 0 Å². The van der Waals surface area contributed by atoms with Gasteiger partial charge in [0.25, 0.3) is 0 Å². The zero-order chi connectivity index (χ0) is 9.31. The average Bonchev–Trinajstić information content (AvgIpc) is 1.93. The fourth-order valence-corrected chi connectivity index (χ4v) is 2.22. The third-order valence-corrected chi connectivity index (χ3v) is 3.75. The van der Waals surface area contributed by atoms with Crippen LogP contribution < -0.4 is 0 Å². The van der Waals surface area contributed by atoms with E-state index in [9.17, 15) is 4.79 Å². The first-order chi connectivity index (χ1) is 6.26. The first-order valence-electron chi connectivity index (χ1n) is 5.34. The highest BCUT2D eigenvalue weighted by atomic mass is 16.5. The van der Waals surface area contributed by atoms with E-state index in [1.54, 1.807) is 7.11 Å². The van der Waals surface area contributed by atoms with Gasteiger partial charge in [0.2, 0.25) is 0 Å². The van der Waals surface area contributed by atoms with Crippen LogP contribution in [-0.2, 0) is 9.53 Å². The molecule has 2 fully saturated rings. The van der Waals surface area contributed by atoms with Crippen molar-refractivity contribution in [1.82, 2.24) is 0 Å². The summed E-state index contributed by atoms with van der Waals surface area (Å²) < 4.78 is 5.44. The fraction of sp³-hybridized carbons (Fsp3) is 0.909. The standard InChI is InChI=1S/C11H18O2/c1-13-11(6-3-7-11)8-10(12)9-4-2-5-9/h9H,2-8H2,1H3. The number of hydrogen-bond donors (Lipinski definition) is 0. The number of carbonyl (C=O) groups excluding carboxylic acids is 1. The van der Waals surface area contributed by atoms with Crippen LogP contribution in [0, 0.1) is 5.92 Å². The SMILES string of the molecule is COC1(CC(=O)C2CCC2)CCC1. The Morgan fingerprint density at radius 1 is 1.38 bits per heavy atom. The van der Waals surface area contributed by atoms with Gasteiger partial charge in [0.1, 0.15) is 5.78 Å². The third kappa shape index (κ3) is 1.64. The van der Waals surface area contributed by atoms with Gasteiger partial charge in [0.15, 0.2) is 0 Å². The van der Waals surface area contributed by atoms with Crippen molar-refractivity contribution < 1.29 is 9.53 Å². The molecule has 0 radical (unpaired) electrons. The zero-order valence-corrected chi connectivity index (χ0v) is 8.34. The van der Waals surface area contributed by atoms with Crippen molar-refractivity contribution >= 4 is 5.78 Å². The van der Waals surface area contributed by atoms with E-state index in [4.69, 9.17) is 4.74 Å². The largest absolute Gasteiger partial charge is 0.378 e. The first-order valence-corrected chi connectivity index (χ1v) is 5.34. The Morgan fingerprint density at radius 3 is 2.38 bits per heavy atom. The maximum Gasteiger partial charge on any atom is 0.138 e. The molecule has 2 rings (SSSR count). The minimum absolute atomic E-state index is 0.0489. The van der Waals surface area contributed by atoms with E-state index in [1.807, 2.05) is 0 Å². The average molecular weight is 182 g/mol. The predicted octanol–water partition coefficient (Wildman–Crippen LogP) is 2.31. The van der Waals surface area contributed by atoms with Gasteiger partial charge in [-0.15, -0.1) is 0 Å². The van der Waals surface area contributed by atoms with Crippen LogP contribution in [0.15, 0.2) is 0 Å². The van der Waals surface area contributed by atoms with E-state index in [1.165, 1.54) is 12.8 Å². The monoisotopic (exact) mass is 182 g/mol. The number of carbonyl (C=O) groups is 1. The van der Waals surface area contributed by atoms with E-state index < -0.39 is 0 Å². The number of ether oxygens (including phenoxy) is 1. The van der Waals surface area contributed by atoms with Crippen LogP contribution in [0.2, 0.25) is 0 Å². The lowest BCUT2D eigenvalue weighted by Gasteiger charge is -2.41. The van der Waals surface area contributed by atoms with Gasteiger partial charge in [-0.1, -0.05) is 6.42 Å². The van der Waals surface area contributed by atoms with Crippen LogP contribution in [-0.4, -0.2) is 18.5 Å². The minimum Gasteiger partial charge on any atom is -0.378 e. The molecule has 2 aliphatic rings. The molecule has 13 heavy (non-hydrogen) atoms. The molecule has 0 saturated heterocycles. The quantitative estimate of drug-likeness (QED) is 0.667. The smallest absolute Gasteiger partial charge is 0.138 e. The summed E-state index contributed by atoms with van der Waals surface area (Å²) >= 11 is 0. The van der Waals surface area contributed by atoms with Gasteiger partial charge in [-0.3, -0.25) is 4.79 Å². The summed E-state index contributed by atoms with van der Waals surface area (Å²) in [6.45, 7) is 0. The highest BCUT2D eigenvalue weighted by Crippen LogP contribution is 2.40. The van der Waals surface area contributed by atoms with Crippen LogP contribution in [0.25, 0.3) is 0 Å². The number of hydrogen-bond acceptors (Lipinski definition) is 2. The summed E-state index contributed by atoms with van der Waals surface area (Å²) in [6, 6.07) is 0. The van der Waals surface area contributed by atoms with Gasteiger partial charge >= 0.3 is 0 Å². The van der Waals surface area contributed by atoms with Crippen LogP contribution in [0.4, 0.5) is 0 Å². The van der Waals surface area contributed by atoms with Crippen LogP contribution in [0.5, 0.6) is 0 Å². The molecular weight excluding hydrogens is 164 g/mol. The summed E-state index contributed by atoms with van der Waals surface area (Å²) in [5.74, 6) is 0.834. The second kappa shape index (κ2) is 3.41. The Kier molecular flexibility index (Phi) is 2.41. The fourth-order valence-electron chi connectivity index (χ4n) is 2.22. The highest BCUT2D eigenvalue weighted by molar-refractivity contribution is 5.82. The molecule has 0 aromatic heterocycles. The van der Waals surface area contributed by atoms with Crippen LogP contribution in [0.1, 0.15) is 44.9 Å². The molecule has 2 nitrogen and oxygen atoms in total. The van der Waals surface area contributed by atoms with E-state index >= 15 is 0 Å². The molecule has 0 amide bonds. The molecule has 2 heteroatoms. The molecule has 0 bridgehead atoms. The number of Topliss-reactive ketones (excluding diaryl/α,β-unsaturated/α-hetero) is 1. The van der Waals surface area contributed by atoms with Crippen molar-refractivity contribution in [2.45, 2.75) is 50.5 Å². The Hall–Kier alpha value is -0.370. The van der Waals surface area contributed by atoms with Crippen molar-refractivity contribution in [2.75, 3.05) is 7.11 Å². The first kappa shape index (κ1) is 9.20. The molecule has 0 N–H and O–H groups in total. The normalized spacial score (nSPS) is 26.2. The molecule has 2 saturated carbocycles. The summed E-state index contributed by atoms with van der Waals surface area (Å²) in [6.07, 6.45) is 7.57. The Balaban J connectivity index is 1.84. The van der Waals surface area contributed by atoms with Crippen molar-refractivity contribution in [3.63, 3.8) is 0 Å². The van der Waals surface area contributed by atoms with Crippen molar-refractivity contribution in [1.29, 1.82) is 0 Å². The lowest BCUT2D eigenvalue weighted by Crippen LogP contribution is -2.43. The molecule has 0 aromatic rings. The van der Waals surface area contributed by atoms with Gasteiger partial charge in [0.05, 0.1) is 5.60 Å². The Morgan fingerprint density at radius 2 is 2.08 bits per heavy atom.